The summed E-state index contributed by atoms with van der Waals surface area (Å²) in [4.78, 5) is 2.52. The number of rotatable bonds is 8. The van der Waals surface area contributed by atoms with E-state index in [9.17, 15) is 0 Å². The molecule has 0 unspecified atom stereocenters. The number of hydrogen-bond donors (Lipinski definition) is 0. The summed E-state index contributed by atoms with van der Waals surface area (Å²) < 4.78 is 0. The van der Waals surface area contributed by atoms with Crippen molar-refractivity contribution in [1.82, 2.24) is 0 Å². The van der Waals surface area contributed by atoms with Crippen molar-refractivity contribution >= 4 is 17.1 Å². The summed E-state index contributed by atoms with van der Waals surface area (Å²) in [5.41, 5.74) is 21.0. The molecule has 0 saturated heterocycles. The van der Waals surface area contributed by atoms with Gasteiger partial charge in [-0.2, -0.15) is 0 Å². The second-order valence-electron chi connectivity index (χ2n) is 16.3. The molecule has 0 aromatic heterocycles. The maximum Gasteiger partial charge on any atom is 0.0714 e. The first kappa shape index (κ1) is 35.9. The van der Waals surface area contributed by atoms with Crippen molar-refractivity contribution < 1.29 is 0 Å². The fraction of sp³-hybridized carbons (Fsp3) is 0.0847. The Bertz CT molecular complexity index is 2810. The minimum atomic E-state index is -0.530. The monoisotopic (exact) mass is 767 g/mol. The van der Waals surface area contributed by atoms with E-state index in [2.05, 4.69) is 229 Å². The van der Waals surface area contributed by atoms with E-state index in [1.54, 1.807) is 0 Å². The summed E-state index contributed by atoms with van der Waals surface area (Å²) in [5, 5.41) is 0. The quantitative estimate of drug-likeness (QED) is 0.149. The Morgan fingerprint density at radius 3 is 1.40 bits per heavy atom. The average Bonchev–Trinajstić information content (AvgIpc) is 3.63. The summed E-state index contributed by atoms with van der Waals surface area (Å²) in [5.74, 6) is 0. The van der Waals surface area contributed by atoms with E-state index in [4.69, 9.17) is 0 Å². The molecule has 1 nitrogen and oxygen atoms in total. The van der Waals surface area contributed by atoms with Gasteiger partial charge in [0.25, 0.3) is 0 Å². The van der Waals surface area contributed by atoms with Crippen LogP contribution in [0.25, 0.3) is 44.5 Å². The van der Waals surface area contributed by atoms with Crippen LogP contribution in [0.4, 0.5) is 17.1 Å². The van der Waals surface area contributed by atoms with Crippen LogP contribution >= 0.6 is 0 Å². The van der Waals surface area contributed by atoms with E-state index in [0.717, 1.165) is 24.2 Å². The summed E-state index contributed by atoms with van der Waals surface area (Å²) >= 11 is 0. The van der Waals surface area contributed by atoms with Gasteiger partial charge >= 0.3 is 0 Å². The van der Waals surface area contributed by atoms with Crippen LogP contribution in [0.3, 0.4) is 0 Å². The summed E-state index contributed by atoms with van der Waals surface area (Å²) in [6.45, 7) is 0. The van der Waals surface area contributed by atoms with Crippen LogP contribution in [0.15, 0.2) is 224 Å². The maximum absolute atomic E-state index is 2.56. The molecule has 2 aliphatic carbocycles. The van der Waals surface area contributed by atoms with Gasteiger partial charge in [-0.15, -0.1) is 0 Å². The molecule has 0 N–H and O–H groups in total. The van der Waals surface area contributed by atoms with E-state index in [1.807, 2.05) is 0 Å². The normalized spacial score (nSPS) is 13.5. The maximum atomic E-state index is 2.56. The number of fused-ring (bicyclic) bond motifs is 4. The lowest BCUT2D eigenvalue weighted by molar-refractivity contribution is 0.687. The zero-order chi connectivity index (χ0) is 39.9. The third kappa shape index (κ3) is 6.00. The van der Waals surface area contributed by atoms with Crippen LogP contribution in [0.5, 0.6) is 0 Å². The number of aryl methyl sites for hydroxylation is 1. The Labute approximate surface area is 353 Å². The molecule has 0 saturated carbocycles. The first-order valence-electron chi connectivity index (χ1n) is 21.4. The van der Waals surface area contributed by atoms with E-state index in [1.165, 1.54) is 96.4 Å². The zero-order valence-corrected chi connectivity index (χ0v) is 33.6. The molecule has 0 bridgehead atoms. The molecule has 0 fully saturated rings. The van der Waals surface area contributed by atoms with Crippen molar-refractivity contribution in [2.45, 2.75) is 31.1 Å². The first-order valence-corrected chi connectivity index (χ1v) is 21.4. The standard InChI is InChI=1S/C59H45N/c1-5-18-42(19-6-1)44-32-36-49(37-33-44)60(50-38-34-45(35-39-50)43-20-7-2-8-21-43)58-41-57-54(40-55(58)52-30-17-23-46-22-13-14-28-51(46)52)53-29-15-16-31-56(53)59(57,47-24-9-3-10-25-47)48-26-11-4-12-27-48/h1-12,15-21,23-27,29-41H,13-14,22,28H2. The summed E-state index contributed by atoms with van der Waals surface area (Å²) in [7, 11) is 0. The molecule has 0 amide bonds. The van der Waals surface area contributed by atoms with Gasteiger partial charge < -0.3 is 4.90 Å². The average molecular weight is 768 g/mol. The molecule has 11 rings (SSSR count). The highest BCUT2D eigenvalue weighted by molar-refractivity contribution is 5.97. The molecule has 0 atom stereocenters. The molecule has 0 aliphatic heterocycles. The van der Waals surface area contributed by atoms with Gasteiger partial charge in [0.1, 0.15) is 0 Å². The second-order valence-corrected chi connectivity index (χ2v) is 16.3. The van der Waals surface area contributed by atoms with Crippen LogP contribution in [-0.2, 0) is 18.3 Å². The molecule has 2 aliphatic rings. The van der Waals surface area contributed by atoms with Crippen LogP contribution in [0, 0.1) is 0 Å². The van der Waals surface area contributed by atoms with Crippen LogP contribution < -0.4 is 4.90 Å². The Balaban J connectivity index is 1.23. The number of anilines is 3. The largest absolute Gasteiger partial charge is 0.310 e. The molecule has 1 heteroatoms. The molecule has 60 heavy (non-hydrogen) atoms. The van der Waals surface area contributed by atoms with Crippen LogP contribution in [0.1, 0.15) is 46.2 Å². The predicted molar refractivity (Wildman–Crippen MR) is 251 cm³/mol. The lowest BCUT2D eigenvalue weighted by atomic mass is 9.67. The summed E-state index contributed by atoms with van der Waals surface area (Å²) in [6, 6.07) is 83.3. The number of nitrogens with zero attached hydrogens (tertiary/aromatic N) is 1. The van der Waals surface area contributed by atoms with E-state index in [-0.39, 0.29) is 0 Å². The number of hydrogen-bond acceptors (Lipinski definition) is 1. The predicted octanol–water partition coefficient (Wildman–Crippen LogP) is 15.4. The van der Waals surface area contributed by atoms with Crippen molar-refractivity contribution in [3.8, 4) is 44.5 Å². The number of benzene rings is 9. The lowest BCUT2D eigenvalue weighted by Gasteiger charge is -2.36. The van der Waals surface area contributed by atoms with Gasteiger partial charge in [0.15, 0.2) is 0 Å². The van der Waals surface area contributed by atoms with E-state index < -0.39 is 5.41 Å². The van der Waals surface area contributed by atoms with E-state index in [0.29, 0.717) is 0 Å². The van der Waals surface area contributed by atoms with Crippen LogP contribution in [0.2, 0.25) is 0 Å². The molecule has 9 aromatic carbocycles. The minimum absolute atomic E-state index is 0.530. The van der Waals surface area contributed by atoms with E-state index >= 15 is 0 Å². The van der Waals surface area contributed by atoms with Gasteiger partial charge in [-0.05, 0) is 134 Å². The van der Waals surface area contributed by atoms with Crippen molar-refractivity contribution in [3.05, 3.63) is 258 Å². The Morgan fingerprint density at radius 2 is 0.817 bits per heavy atom. The van der Waals surface area contributed by atoms with Crippen molar-refractivity contribution in [3.63, 3.8) is 0 Å². The molecule has 0 spiro atoms. The molecular formula is C59H45N. The van der Waals surface area contributed by atoms with Gasteiger partial charge in [-0.3, -0.25) is 0 Å². The van der Waals surface area contributed by atoms with Crippen molar-refractivity contribution in [1.29, 1.82) is 0 Å². The highest BCUT2D eigenvalue weighted by atomic mass is 15.1. The molecule has 286 valence electrons. The Kier molecular flexibility index (Phi) is 9.09. The Hall–Kier alpha value is -7.22. The fourth-order valence-electron chi connectivity index (χ4n) is 10.2. The van der Waals surface area contributed by atoms with Crippen molar-refractivity contribution in [2.24, 2.45) is 0 Å². The second kappa shape index (κ2) is 15.2. The van der Waals surface area contributed by atoms with Gasteiger partial charge in [0.2, 0.25) is 0 Å². The van der Waals surface area contributed by atoms with Gasteiger partial charge in [-0.25, -0.2) is 0 Å². The van der Waals surface area contributed by atoms with Gasteiger partial charge in [-0.1, -0.05) is 188 Å². The van der Waals surface area contributed by atoms with Gasteiger partial charge in [0.05, 0.1) is 11.1 Å². The third-order valence-electron chi connectivity index (χ3n) is 13.0. The third-order valence-corrected chi connectivity index (χ3v) is 13.0. The first-order chi connectivity index (χ1) is 29.8. The van der Waals surface area contributed by atoms with Gasteiger partial charge in [0, 0.05) is 16.9 Å². The molecular weight excluding hydrogens is 723 g/mol. The molecule has 9 aromatic rings. The van der Waals surface area contributed by atoms with Crippen molar-refractivity contribution in [2.75, 3.05) is 4.90 Å². The highest BCUT2D eigenvalue weighted by Crippen LogP contribution is 2.59. The zero-order valence-electron chi connectivity index (χ0n) is 33.6. The lowest BCUT2D eigenvalue weighted by Crippen LogP contribution is -2.28. The van der Waals surface area contributed by atoms with Crippen LogP contribution in [-0.4, -0.2) is 0 Å². The molecule has 0 heterocycles. The highest BCUT2D eigenvalue weighted by Gasteiger charge is 2.47. The minimum Gasteiger partial charge on any atom is -0.310 e. The SMILES string of the molecule is c1ccc(-c2ccc(N(c3ccc(-c4ccccc4)cc3)c3cc4c(cc3-c3cccc5c3CCCC5)-c3ccccc3C4(c3ccccc3)c3ccccc3)cc2)cc1. The smallest absolute Gasteiger partial charge is 0.0714 e. The Morgan fingerprint density at radius 1 is 0.333 bits per heavy atom. The summed E-state index contributed by atoms with van der Waals surface area (Å²) in [6.07, 6.45) is 4.67. The fourth-order valence-corrected chi connectivity index (χ4v) is 10.2. The topological polar surface area (TPSA) is 3.24 Å². The molecule has 0 radical (unpaired) electrons.